The lowest BCUT2D eigenvalue weighted by Gasteiger charge is -2.27. The number of amides is 2. The van der Waals surface area contributed by atoms with Gasteiger partial charge < -0.3 is 25.4 Å². The fraction of sp³-hybridized carbons (Fsp3) is 0.280. The minimum absolute atomic E-state index is 0.0832. The molecule has 0 saturated carbocycles. The molecule has 3 aromatic rings. The summed E-state index contributed by atoms with van der Waals surface area (Å²) in [5.74, 6) is -0.172. The zero-order valence-electron chi connectivity index (χ0n) is 19.2. The number of carbonyl (C=O) groups is 2. The number of hydrogen-bond donors (Lipinski definition) is 3. The fourth-order valence-corrected chi connectivity index (χ4v) is 3.75. The topological polar surface area (TPSA) is 114 Å². The second kappa shape index (κ2) is 10.9. The number of halogens is 1. The van der Waals surface area contributed by atoms with Gasteiger partial charge in [0.1, 0.15) is 24.3 Å². The third kappa shape index (κ3) is 5.72. The molecule has 35 heavy (non-hydrogen) atoms. The first-order chi connectivity index (χ1) is 17.0. The van der Waals surface area contributed by atoms with Crippen molar-refractivity contribution in [3.8, 4) is 5.75 Å². The summed E-state index contributed by atoms with van der Waals surface area (Å²) < 4.78 is 24.0. The summed E-state index contributed by atoms with van der Waals surface area (Å²) in [5.41, 5.74) is 1.89. The molecule has 2 aromatic carbocycles. The Kier molecular flexibility index (Phi) is 7.51. The maximum absolute atomic E-state index is 13.4. The summed E-state index contributed by atoms with van der Waals surface area (Å²) in [4.78, 5) is 33.3. The Morgan fingerprint density at radius 1 is 1.14 bits per heavy atom. The molecule has 0 unspecified atom stereocenters. The Balaban J connectivity index is 1.37. The molecular formula is C25H26FN5O4. The Morgan fingerprint density at radius 3 is 2.57 bits per heavy atom. The van der Waals surface area contributed by atoms with Crippen LogP contribution in [0.15, 0.2) is 61.2 Å². The Labute approximate surface area is 202 Å². The first kappa shape index (κ1) is 24.1. The highest BCUT2D eigenvalue weighted by molar-refractivity contribution is 5.99. The summed E-state index contributed by atoms with van der Waals surface area (Å²) in [7, 11) is 1.54. The van der Waals surface area contributed by atoms with Crippen LogP contribution in [-0.2, 0) is 22.8 Å². The predicted molar refractivity (Wildman–Crippen MR) is 127 cm³/mol. The van der Waals surface area contributed by atoms with E-state index in [1.165, 1.54) is 25.8 Å². The van der Waals surface area contributed by atoms with E-state index >= 15 is 0 Å². The Morgan fingerprint density at radius 2 is 1.91 bits per heavy atom. The van der Waals surface area contributed by atoms with Crippen LogP contribution in [0.2, 0.25) is 0 Å². The fourth-order valence-electron chi connectivity index (χ4n) is 3.75. The number of hydrogen-bond acceptors (Lipinski definition) is 7. The second-order valence-corrected chi connectivity index (χ2v) is 8.13. The highest BCUT2D eigenvalue weighted by Crippen LogP contribution is 2.26. The Hall–Kier alpha value is -4.05. The molecule has 1 aliphatic heterocycles. The zero-order chi connectivity index (χ0) is 24.7. The van der Waals surface area contributed by atoms with E-state index in [2.05, 4.69) is 25.9 Å². The maximum atomic E-state index is 13.4. The third-order valence-corrected chi connectivity index (χ3v) is 5.77. The molecule has 182 valence electrons. The summed E-state index contributed by atoms with van der Waals surface area (Å²) in [5, 5.41) is 8.88. The van der Waals surface area contributed by atoms with E-state index in [0.717, 1.165) is 11.3 Å². The SMILES string of the molecule is COc1ccc(Nc2ccc(CNC(=O)[C@]3(NC(=O)c4cncnc4)CCOC3)cc2)c(CF)c1. The minimum atomic E-state index is -1.16. The van der Waals surface area contributed by atoms with Crippen molar-refractivity contribution >= 4 is 23.2 Å². The smallest absolute Gasteiger partial charge is 0.255 e. The molecule has 4 rings (SSSR count). The van der Waals surface area contributed by atoms with E-state index in [1.54, 1.807) is 18.2 Å². The first-order valence-electron chi connectivity index (χ1n) is 11.1. The summed E-state index contributed by atoms with van der Waals surface area (Å²) in [6.07, 6.45) is 4.47. The van der Waals surface area contributed by atoms with Gasteiger partial charge in [0.2, 0.25) is 5.91 Å². The highest BCUT2D eigenvalue weighted by Gasteiger charge is 2.43. The minimum Gasteiger partial charge on any atom is -0.497 e. The average Bonchev–Trinajstić information content (AvgIpc) is 3.38. The van der Waals surface area contributed by atoms with Crippen molar-refractivity contribution in [1.29, 1.82) is 0 Å². The number of nitrogens with zero attached hydrogens (tertiary/aromatic N) is 2. The molecule has 0 aliphatic carbocycles. The lowest BCUT2D eigenvalue weighted by Crippen LogP contribution is -2.59. The summed E-state index contributed by atoms with van der Waals surface area (Å²) >= 11 is 0. The summed E-state index contributed by atoms with van der Waals surface area (Å²) in [6.45, 7) is 0.0951. The molecule has 3 N–H and O–H groups in total. The standard InChI is InChI=1S/C25H26FN5O4/c1-34-21-6-7-22(18(10-21)11-26)30-20-4-2-17(3-5-20)12-29-24(33)25(8-9-35-15-25)31-23(32)19-13-27-16-28-14-19/h2-7,10,13-14,16,30H,8-9,11-12,15H2,1H3,(H,29,33)(H,31,32)/t25-/m0/s1. The van der Waals surface area contributed by atoms with Crippen molar-refractivity contribution in [3.05, 3.63) is 77.9 Å². The number of alkyl halides is 1. The van der Waals surface area contributed by atoms with Crippen LogP contribution in [0.5, 0.6) is 5.75 Å². The van der Waals surface area contributed by atoms with Crippen LogP contribution in [0.4, 0.5) is 15.8 Å². The molecule has 2 heterocycles. The number of nitrogens with one attached hydrogen (secondary N) is 3. The van der Waals surface area contributed by atoms with Gasteiger partial charge in [-0.2, -0.15) is 0 Å². The Bertz CT molecular complexity index is 1170. The molecule has 1 aliphatic rings. The van der Waals surface area contributed by atoms with Gasteiger partial charge in [-0.15, -0.1) is 0 Å². The third-order valence-electron chi connectivity index (χ3n) is 5.77. The van der Waals surface area contributed by atoms with Gasteiger partial charge in [-0.1, -0.05) is 12.1 Å². The largest absolute Gasteiger partial charge is 0.497 e. The first-order valence-corrected chi connectivity index (χ1v) is 11.1. The molecule has 9 nitrogen and oxygen atoms in total. The van der Waals surface area contributed by atoms with Crippen LogP contribution < -0.4 is 20.7 Å². The van der Waals surface area contributed by atoms with Crippen molar-refractivity contribution in [2.75, 3.05) is 25.6 Å². The molecule has 0 radical (unpaired) electrons. The van der Waals surface area contributed by atoms with Gasteiger partial charge in [0.05, 0.1) is 19.3 Å². The quantitative estimate of drug-likeness (QED) is 0.432. The van der Waals surface area contributed by atoms with E-state index in [0.29, 0.717) is 30.0 Å². The highest BCUT2D eigenvalue weighted by atomic mass is 19.1. The van der Waals surface area contributed by atoms with Gasteiger partial charge in [-0.05, 0) is 35.9 Å². The van der Waals surface area contributed by atoms with Crippen molar-refractivity contribution in [2.24, 2.45) is 0 Å². The lowest BCUT2D eigenvalue weighted by atomic mass is 9.96. The van der Waals surface area contributed by atoms with Gasteiger partial charge in [0, 0.05) is 48.9 Å². The van der Waals surface area contributed by atoms with Gasteiger partial charge in [0.15, 0.2) is 0 Å². The van der Waals surface area contributed by atoms with E-state index in [9.17, 15) is 14.0 Å². The molecule has 1 fully saturated rings. The molecule has 1 aromatic heterocycles. The van der Waals surface area contributed by atoms with Gasteiger partial charge in [0.25, 0.3) is 5.91 Å². The predicted octanol–water partition coefficient (Wildman–Crippen LogP) is 2.90. The molecule has 1 atom stereocenters. The number of anilines is 2. The molecular weight excluding hydrogens is 453 g/mol. The van der Waals surface area contributed by atoms with Gasteiger partial charge in [-0.3, -0.25) is 9.59 Å². The lowest BCUT2D eigenvalue weighted by molar-refractivity contribution is -0.127. The average molecular weight is 480 g/mol. The monoisotopic (exact) mass is 479 g/mol. The van der Waals surface area contributed by atoms with Crippen LogP contribution in [-0.4, -0.2) is 47.6 Å². The van der Waals surface area contributed by atoms with Crippen molar-refractivity contribution in [1.82, 2.24) is 20.6 Å². The van der Waals surface area contributed by atoms with Crippen LogP contribution in [0.1, 0.15) is 27.9 Å². The van der Waals surface area contributed by atoms with Crippen LogP contribution >= 0.6 is 0 Å². The van der Waals surface area contributed by atoms with Crippen LogP contribution in [0, 0.1) is 0 Å². The number of aromatic nitrogens is 2. The second-order valence-electron chi connectivity index (χ2n) is 8.13. The van der Waals surface area contributed by atoms with Crippen molar-refractivity contribution in [3.63, 3.8) is 0 Å². The van der Waals surface area contributed by atoms with Gasteiger partial charge >= 0.3 is 0 Å². The van der Waals surface area contributed by atoms with Gasteiger partial charge in [-0.25, -0.2) is 14.4 Å². The number of rotatable bonds is 9. The zero-order valence-corrected chi connectivity index (χ0v) is 19.2. The van der Waals surface area contributed by atoms with Crippen LogP contribution in [0.3, 0.4) is 0 Å². The van der Waals surface area contributed by atoms with Crippen molar-refractivity contribution in [2.45, 2.75) is 25.2 Å². The maximum Gasteiger partial charge on any atom is 0.255 e. The summed E-state index contributed by atoms with van der Waals surface area (Å²) in [6, 6.07) is 12.6. The van der Waals surface area contributed by atoms with E-state index in [1.807, 2.05) is 24.3 Å². The normalized spacial score (nSPS) is 17.0. The van der Waals surface area contributed by atoms with E-state index in [-0.39, 0.29) is 24.6 Å². The number of methoxy groups -OCH3 is 1. The number of carbonyl (C=O) groups excluding carboxylic acids is 2. The van der Waals surface area contributed by atoms with E-state index in [4.69, 9.17) is 9.47 Å². The number of ether oxygens (including phenoxy) is 2. The molecule has 2 amide bonds. The molecule has 10 heteroatoms. The molecule has 0 bridgehead atoms. The van der Waals surface area contributed by atoms with Crippen LogP contribution in [0.25, 0.3) is 0 Å². The molecule has 1 saturated heterocycles. The number of benzene rings is 2. The molecule has 0 spiro atoms. The van der Waals surface area contributed by atoms with Crippen molar-refractivity contribution < 1.29 is 23.5 Å². The van der Waals surface area contributed by atoms with E-state index < -0.39 is 18.1 Å².